The molecule has 0 aromatic heterocycles. The minimum atomic E-state index is 0.395. The molecule has 0 saturated carbocycles. The summed E-state index contributed by atoms with van der Waals surface area (Å²) in [5.74, 6) is 0.968. The van der Waals surface area contributed by atoms with Crippen LogP contribution in [0.3, 0.4) is 0 Å². The predicted molar refractivity (Wildman–Crippen MR) is 93.5 cm³/mol. The number of anilines is 2. The fraction of sp³-hybridized carbons (Fsp3) is 0.133. The SMILES string of the molecule is CCSc1cccc(Nc2cccc(Cl)c2)c1C(N)=S. The predicted octanol–water partition coefficient (Wildman–Crippen LogP) is 4.83. The molecule has 3 N–H and O–H groups in total. The Bertz CT molecular complexity index is 629. The van der Waals surface area contributed by atoms with Gasteiger partial charge in [0, 0.05) is 26.9 Å². The van der Waals surface area contributed by atoms with E-state index in [1.165, 1.54) is 0 Å². The van der Waals surface area contributed by atoms with E-state index in [4.69, 9.17) is 29.6 Å². The quantitative estimate of drug-likeness (QED) is 0.611. The second-order valence-corrected chi connectivity index (χ2v) is 6.29. The van der Waals surface area contributed by atoms with Crippen molar-refractivity contribution >= 4 is 51.9 Å². The summed E-state index contributed by atoms with van der Waals surface area (Å²) in [5.41, 5.74) is 8.58. The van der Waals surface area contributed by atoms with E-state index in [-0.39, 0.29) is 0 Å². The molecule has 0 unspecified atom stereocenters. The Morgan fingerprint density at radius 2 is 2.05 bits per heavy atom. The van der Waals surface area contributed by atoms with E-state index in [1.807, 2.05) is 42.5 Å². The van der Waals surface area contributed by atoms with E-state index in [0.29, 0.717) is 10.0 Å². The van der Waals surface area contributed by atoms with Crippen LogP contribution in [0.25, 0.3) is 0 Å². The lowest BCUT2D eigenvalue weighted by Crippen LogP contribution is -2.13. The Labute approximate surface area is 133 Å². The van der Waals surface area contributed by atoms with Crippen molar-refractivity contribution in [2.75, 3.05) is 11.1 Å². The zero-order chi connectivity index (χ0) is 14.5. The smallest absolute Gasteiger partial charge is 0.107 e. The number of nitrogens with one attached hydrogen (secondary N) is 1. The highest BCUT2D eigenvalue weighted by Gasteiger charge is 2.11. The summed E-state index contributed by atoms with van der Waals surface area (Å²) in [7, 11) is 0. The highest BCUT2D eigenvalue weighted by Crippen LogP contribution is 2.31. The van der Waals surface area contributed by atoms with Crippen molar-refractivity contribution in [3.8, 4) is 0 Å². The third-order valence-corrected chi connectivity index (χ3v) is 4.06. The van der Waals surface area contributed by atoms with Crippen LogP contribution in [0.4, 0.5) is 11.4 Å². The van der Waals surface area contributed by atoms with Gasteiger partial charge in [0.2, 0.25) is 0 Å². The maximum Gasteiger partial charge on any atom is 0.107 e. The largest absolute Gasteiger partial charge is 0.389 e. The fourth-order valence-electron chi connectivity index (χ4n) is 1.89. The Balaban J connectivity index is 2.40. The van der Waals surface area contributed by atoms with Crippen LogP contribution in [-0.4, -0.2) is 10.7 Å². The first-order valence-electron chi connectivity index (χ1n) is 6.20. The highest BCUT2D eigenvalue weighted by atomic mass is 35.5. The molecule has 2 aromatic rings. The molecule has 0 bridgehead atoms. The first-order valence-corrected chi connectivity index (χ1v) is 7.97. The molecule has 2 aromatic carbocycles. The van der Waals surface area contributed by atoms with Gasteiger partial charge in [-0.25, -0.2) is 0 Å². The van der Waals surface area contributed by atoms with Gasteiger partial charge in [-0.1, -0.05) is 42.9 Å². The van der Waals surface area contributed by atoms with Crippen LogP contribution in [0.15, 0.2) is 47.4 Å². The summed E-state index contributed by atoms with van der Waals surface area (Å²) < 4.78 is 0. The minimum Gasteiger partial charge on any atom is -0.389 e. The van der Waals surface area contributed by atoms with Crippen molar-refractivity contribution < 1.29 is 0 Å². The van der Waals surface area contributed by atoms with Crippen LogP contribution in [0.2, 0.25) is 5.02 Å². The molecule has 2 nitrogen and oxygen atoms in total. The van der Waals surface area contributed by atoms with Crippen LogP contribution in [0.5, 0.6) is 0 Å². The monoisotopic (exact) mass is 322 g/mol. The van der Waals surface area contributed by atoms with Gasteiger partial charge in [0.1, 0.15) is 4.99 Å². The van der Waals surface area contributed by atoms with Crippen molar-refractivity contribution in [2.24, 2.45) is 5.73 Å². The lowest BCUT2D eigenvalue weighted by molar-refractivity contribution is 1.38. The molecule has 20 heavy (non-hydrogen) atoms. The van der Waals surface area contributed by atoms with Gasteiger partial charge in [0.25, 0.3) is 0 Å². The van der Waals surface area contributed by atoms with Gasteiger partial charge in [-0.3, -0.25) is 0 Å². The van der Waals surface area contributed by atoms with Crippen molar-refractivity contribution in [2.45, 2.75) is 11.8 Å². The van der Waals surface area contributed by atoms with E-state index in [2.05, 4.69) is 12.2 Å². The van der Waals surface area contributed by atoms with Crippen LogP contribution in [0, 0.1) is 0 Å². The lowest BCUT2D eigenvalue weighted by Gasteiger charge is -2.15. The topological polar surface area (TPSA) is 38.0 Å². The second kappa shape index (κ2) is 6.97. The van der Waals surface area contributed by atoms with Gasteiger partial charge in [-0.2, -0.15) is 0 Å². The van der Waals surface area contributed by atoms with E-state index in [0.717, 1.165) is 27.6 Å². The van der Waals surface area contributed by atoms with Crippen molar-refractivity contribution in [3.63, 3.8) is 0 Å². The molecule has 0 spiro atoms. The van der Waals surface area contributed by atoms with E-state index in [9.17, 15) is 0 Å². The highest BCUT2D eigenvalue weighted by molar-refractivity contribution is 7.99. The number of thiocarbonyl (C=S) groups is 1. The van der Waals surface area contributed by atoms with Crippen molar-refractivity contribution in [1.82, 2.24) is 0 Å². The molecule has 0 aliphatic heterocycles. The van der Waals surface area contributed by atoms with Crippen LogP contribution in [0.1, 0.15) is 12.5 Å². The van der Waals surface area contributed by atoms with Crippen LogP contribution < -0.4 is 11.1 Å². The number of rotatable bonds is 5. The van der Waals surface area contributed by atoms with Gasteiger partial charge in [0.15, 0.2) is 0 Å². The summed E-state index contributed by atoms with van der Waals surface area (Å²) in [6.45, 7) is 2.10. The number of benzene rings is 2. The first-order chi connectivity index (χ1) is 9.61. The van der Waals surface area contributed by atoms with E-state index >= 15 is 0 Å². The van der Waals surface area contributed by atoms with Gasteiger partial charge >= 0.3 is 0 Å². The summed E-state index contributed by atoms with van der Waals surface area (Å²) in [5, 5.41) is 4.01. The number of thioether (sulfide) groups is 1. The summed E-state index contributed by atoms with van der Waals surface area (Å²) in [4.78, 5) is 1.48. The molecule has 0 atom stereocenters. The Kier molecular flexibility index (Phi) is 5.29. The van der Waals surface area contributed by atoms with Crippen molar-refractivity contribution in [3.05, 3.63) is 53.1 Å². The average molecular weight is 323 g/mol. The molecule has 5 heteroatoms. The molecule has 0 aliphatic rings. The third-order valence-electron chi connectivity index (χ3n) is 2.68. The zero-order valence-electron chi connectivity index (χ0n) is 11.0. The van der Waals surface area contributed by atoms with E-state index in [1.54, 1.807) is 11.8 Å². The molecular weight excluding hydrogens is 308 g/mol. The molecular formula is C15H15ClN2S2. The lowest BCUT2D eigenvalue weighted by atomic mass is 10.1. The van der Waals surface area contributed by atoms with E-state index < -0.39 is 0 Å². The Hall–Kier alpha value is -1.23. The number of hydrogen-bond donors (Lipinski definition) is 2. The van der Waals surface area contributed by atoms with Gasteiger partial charge in [-0.05, 0) is 36.1 Å². The second-order valence-electron chi connectivity index (χ2n) is 4.11. The zero-order valence-corrected chi connectivity index (χ0v) is 13.4. The fourth-order valence-corrected chi connectivity index (χ4v) is 3.21. The Morgan fingerprint density at radius 3 is 2.70 bits per heavy atom. The number of hydrogen-bond acceptors (Lipinski definition) is 3. The molecule has 0 radical (unpaired) electrons. The Morgan fingerprint density at radius 1 is 1.30 bits per heavy atom. The first kappa shape index (κ1) is 15.2. The standard InChI is InChI=1S/C15H15ClN2S2/c1-2-20-13-8-4-7-12(14(13)15(17)19)18-11-6-3-5-10(16)9-11/h3-9,18H,2H2,1H3,(H2,17,19). The summed E-state index contributed by atoms with van der Waals surface area (Å²) in [6, 6.07) is 13.5. The minimum absolute atomic E-state index is 0.395. The third kappa shape index (κ3) is 3.66. The van der Waals surface area contributed by atoms with Crippen molar-refractivity contribution in [1.29, 1.82) is 0 Å². The molecule has 0 amide bonds. The molecule has 2 rings (SSSR count). The normalized spacial score (nSPS) is 10.3. The molecule has 0 heterocycles. The van der Waals surface area contributed by atoms with Crippen LogP contribution >= 0.6 is 35.6 Å². The number of halogens is 1. The molecule has 0 saturated heterocycles. The van der Waals surface area contributed by atoms with Gasteiger partial charge in [0.05, 0.1) is 0 Å². The van der Waals surface area contributed by atoms with Gasteiger partial charge in [-0.15, -0.1) is 11.8 Å². The van der Waals surface area contributed by atoms with Gasteiger partial charge < -0.3 is 11.1 Å². The molecule has 0 aliphatic carbocycles. The maximum absolute atomic E-state index is 6.00. The summed E-state index contributed by atoms with van der Waals surface area (Å²) in [6.07, 6.45) is 0. The average Bonchev–Trinajstić information content (AvgIpc) is 2.39. The molecule has 104 valence electrons. The maximum atomic E-state index is 6.00. The number of nitrogens with two attached hydrogens (primary N) is 1. The van der Waals surface area contributed by atoms with Crippen LogP contribution in [-0.2, 0) is 0 Å². The summed E-state index contributed by atoms with van der Waals surface area (Å²) >= 11 is 12.9. The molecule has 0 fully saturated rings.